The standard InChI is InChI=1S/C35H30O5/c1-19-7-11-25(23(5)15-19)31(36)29-17-21(3)9-13-27(29)33(38)35(40)34(39)28-14-10-22(4)18-30(28)32(37)26-12-8-20(2)16-24(26)6/h7-18H,1-6H3/i7D,8D,15D,16D. The highest BCUT2D eigenvalue weighted by atomic mass is 16.2. The first kappa shape index (κ1) is 23.1. The number of hydrogen-bond acceptors (Lipinski definition) is 5. The Balaban J connectivity index is 1.78. The summed E-state index contributed by atoms with van der Waals surface area (Å²) in [6.07, 6.45) is 0. The normalized spacial score (nSPS) is 12.2. The molecule has 0 amide bonds. The molecular weight excluding hydrogens is 500 g/mol. The molecule has 40 heavy (non-hydrogen) atoms. The van der Waals surface area contributed by atoms with Gasteiger partial charge in [-0.15, -0.1) is 0 Å². The molecule has 200 valence electrons. The lowest BCUT2D eigenvalue weighted by Gasteiger charge is -2.13. The minimum atomic E-state index is -1.45. The Kier molecular flexibility index (Phi) is 6.45. The second kappa shape index (κ2) is 11.1. The second-order valence-electron chi connectivity index (χ2n) is 9.90. The van der Waals surface area contributed by atoms with Crippen LogP contribution in [0.1, 0.15) is 91.4 Å². The third-order valence-corrected chi connectivity index (χ3v) is 6.65. The zero-order valence-corrected chi connectivity index (χ0v) is 23.2. The van der Waals surface area contributed by atoms with Gasteiger partial charge in [-0.3, -0.25) is 24.0 Å². The average molecular weight is 535 g/mol. The largest absolute Gasteiger partial charge is 0.289 e. The van der Waals surface area contributed by atoms with E-state index >= 15 is 0 Å². The molecule has 4 aromatic carbocycles. The van der Waals surface area contributed by atoms with E-state index in [2.05, 4.69) is 0 Å². The predicted octanol–water partition coefficient (Wildman–Crippen LogP) is 6.63. The van der Waals surface area contributed by atoms with E-state index in [9.17, 15) is 24.0 Å². The van der Waals surface area contributed by atoms with E-state index in [1.54, 1.807) is 41.5 Å². The molecule has 0 N–H and O–H groups in total. The van der Waals surface area contributed by atoms with Gasteiger partial charge in [0.1, 0.15) is 0 Å². The van der Waals surface area contributed by atoms with Crippen LogP contribution in [0.2, 0.25) is 0 Å². The van der Waals surface area contributed by atoms with Crippen molar-refractivity contribution in [2.75, 3.05) is 0 Å². The number of carbonyl (C=O) groups excluding carboxylic acids is 5. The van der Waals surface area contributed by atoms with Gasteiger partial charge in [-0.25, -0.2) is 0 Å². The number of hydrogen-bond donors (Lipinski definition) is 0. The van der Waals surface area contributed by atoms with Gasteiger partial charge in [0.05, 0.1) is 5.48 Å². The number of carbonyl (C=O) groups is 5. The van der Waals surface area contributed by atoms with E-state index in [1.165, 1.54) is 48.5 Å². The molecule has 0 bridgehead atoms. The lowest BCUT2D eigenvalue weighted by molar-refractivity contribution is -0.111. The van der Waals surface area contributed by atoms with Crippen molar-refractivity contribution in [3.63, 3.8) is 0 Å². The minimum Gasteiger partial charge on any atom is -0.289 e. The Hall–Kier alpha value is -4.77. The molecule has 0 aliphatic carbocycles. The molecule has 5 heteroatoms. The van der Waals surface area contributed by atoms with E-state index in [1.807, 2.05) is 0 Å². The van der Waals surface area contributed by atoms with Gasteiger partial charge >= 0.3 is 0 Å². The SMILES string of the molecule is [2H]c1cc(C(=O)c2cc(C)ccc2C(=O)C(=O)C(=O)c2ccc(C)cc2C(=O)c2cc([2H])c(C)c([2H])c2C)c(C)c([2H])c1C. The van der Waals surface area contributed by atoms with E-state index in [4.69, 9.17) is 5.48 Å². The van der Waals surface area contributed by atoms with E-state index < -0.39 is 28.9 Å². The molecule has 0 saturated heterocycles. The van der Waals surface area contributed by atoms with Crippen LogP contribution in [-0.2, 0) is 4.79 Å². The summed E-state index contributed by atoms with van der Waals surface area (Å²) in [5, 5.41) is 0. The maximum atomic E-state index is 13.7. The number of benzene rings is 4. The molecule has 0 fully saturated rings. The molecule has 4 rings (SSSR count). The molecular formula is C35H30O5. The summed E-state index contributed by atoms with van der Waals surface area (Å²) >= 11 is 0. The van der Waals surface area contributed by atoms with Gasteiger partial charge < -0.3 is 0 Å². The summed E-state index contributed by atoms with van der Waals surface area (Å²) < 4.78 is 32.8. The van der Waals surface area contributed by atoms with E-state index in [0.29, 0.717) is 33.4 Å². The fraction of sp³-hybridized carbons (Fsp3) is 0.171. The fourth-order valence-corrected chi connectivity index (χ4v) is 4.54. The maximum absolute atomic E-state index is 13.7. The Morgan fingerprint density at radius 1 is 0.475 bits per heavy atom. The molecule has 0 unspecified atom stereocenters. The summed E-state index contributed by atoms with van der Waals surface area (Å²) in [5.41, 5.74) is 1.75. The van der Waals surface area contributed by atoms with Gasteiger partial charge in [-0.2, -0.15) is 0 Å². The first-order chi connectivity index (χ1) is 20.6. The van der Waals surface area contributed by atoms with Gasteiger partial charge in [0, 0.05) is 33.4 Å². The molecule has 0 saturated carbocycles. The number of ketones is 5. The van der Waals surface area contributed by atoms with Crippen molar-refractivity contribution in [3.05, 3.63) is 139 Å². The van der Waals surface area contributed by atoms with Crippen LogP contribution in [0.3, 0.4) is 0 Å². The molecule has 0 aliphatic rings. The molecule has 0 spiro atoms. The number of rotatable bonds is 8. The Labute approximate surface area is 239 Å². The van der Waals surface area contributed by atoms with Crippen molar-refractivity contribution in [3.8, 4) is 0 Å². The third kappa shape index (κ3) is 5.50. The zero-order chi connectivity index (χ0) is 32.8. The topological polar surface area (TPSA) is 85.3 Å². The molecule has 0 atom stereocenters. The van der Waals surface area contributed by atoms with Crippen LogP contribution < -0.4 is 0 Å². The number of aryl methyl sites for hydroxylation is 2. The van der Waals surface area contributed by atoms with Crippen LogP contribution in [0.5, 0.6) is 0 Å². The lowest BCUT2D eigenvalue weighted by atomic mass is 9.87. The molecule has 0 aromatic heterocycles. The number of Topliss-reactive ketones (excluding diaryl/α,β-unsaturated/α-hetero) is 3. The van der Waals surface area contributed by atoms with Crippen molar-refractivity contribution in [1.82, 2.24) is 0 Å². The van der Waals surface area contributed by atoms with Gasteiger partial charge in [-0.05, 0) is 76.9 Å². The van der Waals surface area contributed by atoms with Gasteiger partial charge in [0.25, 0.3) is 5.78 Å². The first-order valence-electron chi connectivity index (χ1n) is 14.7. The van der Waals surface area contributed by atoms with Crippen molar-refractivity contribution in [2.24, 2.45) is 0 Å². The fourth-order valence-electron chi connectivity index (χ4n) is 4.54. The lowest BCUT2D eigenvalue weighted by Crippen LogP contribution is -2.27. The Morgan fingerprint density at radius 2 is 0.850 bits per heavy atom. The maximum Gasteiger partial charge on any atom is 0.273 e. The molecule has 0 heterocycles. The minimum absolute atomic E-state index is 0.0167. The van der Waals surface area contributed by atoms with Crippen LogP contribution in [0.4, 0.5) is 0 Å². The van der Waals surface area contributed by atoms with E-state index in [0.717, 1.165) is 0 Å². The summed E-state index contributed by atoms with van der Waals surface area (Å²) in [6.45, 7) is 9.70. The summed E-state index contributed by atoms with van der Waals surface area (Å²) in [4.78, 5) is 67.9. The summed E-state index contributed by atoms with van der Waals surface area (Å²) in [5.74, 6) is -5.28. The highest BCUT2D eigenvalue weighted by Gasteiger charge is 2.32. The van der Waals surface area contributed by atoms with Crippen molar-refractivity contribution >= 4 is 28.9 Å². The van der Waals surface area contributed by atoms with Crippen LogP contribution in [0, 0.1) is 41.5 Å². The predicted molar refractivity (Wildman–Crippen MR) is 155 cm³/mol. The molecule has 0 aliphatic heterocycles. The zero-order valence-electron chi connectivity index (χ0n) is 27.2. The monoisotopic (exact) mass is 534 g/mol. The molecule has 0 radical (unpaired) electrons. The van der Waals surface area contributed by atoms with Gasteiger partial charge in [0.15, 0.2) is 11.6 Å². The van der Waals surface area contributed by atoms with Crippen LogP contribution in [0.25, 0.3) is 0 Å². The summed E-state index contributed by atoms with van der Waals surface area (Å²) in [6, 6.07) is 11.1. The highest BCUT2D eigenvalue weighted by molar-refractivity contribution is 6.70. The van der Waals surface area contributed by atoms with Crippen LogP contribution in [0.15, 0.2) is 72.7 Å². The average Bonchev–Trinajstić information content (AvgIpc) is 3.00. The summed E-state index contributed by atoms with van der Waals surface area (Å²) in [7, 11) is 0. The van der Waals surface area contributed by atoms with Crippen molar-refractivity contribution in [2.45, 2.75) is 41.5 Å². The van der Waals surface area contributed by atoms with Gasteiger partial charge in [-0.1, -0.05) is 70.7 Å². The van der Waals surface area contributed by atoms with Crippen molar-refractivity contribution in [1.29, 1.82) is 0 Å². The quantitative estimate of drug-likeness (QED) is 0.144. The van der Waals surface area contributed by atoms with Crippen LogP contribution >= 0.6 is 0 Å². The second-order valence-corrected chi connectivity index (χ2v) is 9.90. The first-order valence-corrected chi connectivity index (χ1v) is 12.7. The Bertz CT molecular complexity index is 1820. The highest BCUT2D eigenvalue weighted by Crippen LogP contribution is 2.24. The van der Waals surface area contributed by atoms with E-state index in [-0.39, 0.29) is 57.6 Å². The third-order valence-electron chi connectivity index (χ3n) is 6.65. The van der Waals surface area contributed by atoms with Gasteiger partial charge in [0.2, 0.25) is 11.6 Å². The molecule has 4 aromatic rings. The van der Waals surface area contributed by atoms with Crippen LogP contribution in [-0.4, -0.2) is 28.9 Å². The molecule has 5 nitrogen and oxygen atoms in total. The van der Waals surface area contributed by atoms with Crippen molar-refractivity contribution < 1.29 is 29.5 Å². The smallest absolute Gasteiger partial charge is 0.273 e. The Morgan fingerprint density at radius 3 is 1.23 bits per heavy atom.